The Kier molecular flexibility index (Phi) is 7.67. The third kappa shape index (κ3) is 6.58. The van der Waals surface area contributed by atoms with Crippen LogP contribution < -0.4 is 5.32 Å². The quantitative estimate of drug-likeness (QED) is 0.674. The van der Waals surface area contributed by atoms with Gasteiger partial charge in [0, 0.05) is 10.8 Å². The van der Waals surface area contributed by atoms with E-state index >= 15 is 0 Å². The van der Waals surface area contributed by atoms with Crippen LogP contribution in [0.5, 0.6) is 0 Å². The summed E-state index contributed by atoms with van der Waals surface area (Å²) in [6.07, 6.45) is 0.939. The summed E-state index contributed by atoms with van der Waals surface area (Å²) in [7, 11) is 0. The highest BCUT2D eigenvalue weighted by Gasteiger charge is 2.15. The number of rotatable bonds is 8. The lowest BCUT2D eigenvalue weighted by atomic mass is 9.97. The molecular formula is C20H24ClNOS. The average Bonchev–Trinajstić information content (AvgIpc) is 2.55. The highest BCUT2D eigenvalue weighted by atomic mass is 35.5. The first-order valence-electron chi connectivity index (χ1n) is 8.21. The molecule has 0 aromatic heterocycles. The molecule has 0 heterocycles. The number of carbonyl (C=O) groups is 1. The maximum atomic E-state index is 12.3. The highest BCUT2D eigenvalue weighted by molar-refractivity contribution is 7.99. The molecule has 0 radical (unpaired) electrons. The number of hydrogen-bond donors (Lipinski definition) is 1. The minimum absolute atomic E-state index is 0.0745. The Morgan fingerprint density at radius 1 is 1.12 bits per heavy atom. The zero-order chi connectivity index (χ0) is 17.4. The van der Waals surface area contributed by atoms with E-state index in [0.29, 0.717) is 11.7 Å². The Balaban J connectivity index is 1.86. The summed E-state index contributed by atoms with van der Waals surface area (Å²) in [5, 5.41) is 3.91. The van der Waals surface area contributed by atoms with Gasteiger partial charge in [0.2, 0.25) is 5.91 Å². The first-order valence-corrected chi connectivity index (χ1v) is 9.74. The van der Waals surface area contributed by atoms with Crippen molar-refractivity contribution in [3.63, 3.8) is 0 Å². The summed E-state index contributed by atoms with van der Waals surface area (Å²) in [5.41, 5.74) is 2.31. The summed E-state index contributed by atoms with van der Waals surface area (Å²) in [6.45, 7) is 4.35. The topological polar surface area (TPSA) is 29.1 Å². The van der Waals surface area contributed by atoms with Gasteiger partial charge in [0.25, 0.3) is 0 Å². The number of carbonyl (C=O) groups excluding carboxylic acids is 1. The molecule has 0 saturated heterocycles. The molecule has 4 heteroatoms. The molecule has 0 aliphatic carbocycles. The zero-order valence-corrected chi connectivity index (χ0v) is 15.7. The van der Waals surface area contributed by atoms with Crippen molar-refractivity contribution in [3.05, 3.63) is 70.7 Å². The fourth-order valence-corrected chi connectivity index (χ4v) is 3.56. The van der Waals surface area contributed by atoms with E-state index in [2.05, 4.69) is 31.3 Å². The number of benzene rings is 2. The molecule has 0 saturated carbocycles. The van der Waals surface area contributed by atoms with Crippen LogP contribution in [0.3, 0.4) is 0 Å². The van der Waals surface area contributed by atoms with Crippen LogP contribution >= 0.6 is 23.4 Å². The molecule has 0 fully saturated rings. The van der Waals surface area contributed by atoms with Gasteiger partial charge in [0.15, 0.2) is 0 Å². The summed E-state index contributed by atoms with van der Waals surface area (Å²) in [5.74, 6) is 1.84. The maximum absolute atomic E-state index is 12.3. The molecule has 2 nitrogen and oxygen atoms in total. The van der Waals surface area contributed by atoms with Crippen molar-refractivity contribution in [2.45, 2.75) is 32.1 Å². The molecule has 1 atom stereocenters. The monoisotopic (exact) mass is 361 g/mol. The molecule has 0 bridgehead atoms. The van der Waals surface area contributed by atoms with Gasteiger partial charge >= 0.3 is 0 Å². The normalized spacial score (nSPS) is 12.2. The van der Waals surface area contributed by atoms with E-state index in [1.54, 1.807) is 11.8 Å². The fourth-order valence-electron chi connectivity index (χ4n) is 2.56. The van der Waals surface area contributed by atoms with E-state index < -0.39 is 0 Å². The molecule has 128 valence electrons. The number of thioether (sulfide) groups is 1. The molecule has 0 unspecified atom stereocenters. The predicted molar refractivity (Wildman–Crippen MR) is 104 cm³/mol. The van der Waals surface area contributed by atoms with Crippen molar-refractivity contribution >= 4 is 29.3 Å². The lowest BCUT2D eigenvalue weighted by Gasteiger charge is -2.21. The number of amides is 1. The second-order valence-corrected chi connectivity index (χ2v) is 7.71. The van der Waals surface area contributed by atoms with Crippen LogP contribution in [0.2, 0.25) is 5.02 Å². The Morgan fingerprint density at radius 2 is 1.88 bits per heavy atom. The lowest BCUT2D eigenvalue weighted by Crippen LogP contribution is -2.30. The van der Waals surface area contributed by atoms with Gasteiger partial charge in [-0.05, 0) is 35.6 Å². The second-order valence-electron chi connectivity index (χ2n) is 6.28. The van der Waals surface area contributed by atoms with Crippen molar-refractivity contribution in [3.8, 4) is 0 Å². The molecule has 0 spiro atoms. The fraction of sp³-hybridized carbons (Fsp3) is 0.350. The van der Waals surface area contributed by atoms with Crippen LogP contribution in [0.25, 0.3) is 0 Å². The highest BCUT2D eigenvalue weighted by Crippen LogP contribution is 2.22. The Bertz CT molecular complexity index is 645. The molecule has 24 heavy (non-hydrogen) atoms. The zero-order valence-electron chi connectivity index (χ0n) is 14.2. The van der Waals surface area contributed by atoms with Crippen LogP contribution in [0, 0.1) is 5.92 Å². The summed E-state index contributed by atoms with van der Waals surface area (Å²) < 4.78 is 0. The summed E-state index contributed by atoms with van der Waals surface area (Å²) in [4.78, 5) is 12.3. The first-order chi connectivity index (χ1) is 11.5. The third-order valence-electron chi connectivity index (χ3n) is 3.64. The number of nitrogens with one attached hydrogen (secondary N) is 1. The molecule has 2 aromatic carbocycles. The van der Waals surface area contributed by atoms with E-state index in [1.165, 1.54) is 5.56 Å². The van der Waals surface area contributed by atoms with Gasteiger partial charge in [0.1, 0.15) is 0 Å². The van der Waals surface area contributed by atoms with Crippen LogP contribution in [0.4, 0.5) is 0 Å². The largest absolute Gasteiger partial charge is 0.349 e. The van der Waals surface area contributed by atoms with Gasteiger partial charge in [-0.2, -0.15) is 0 Å². The van der Waals surface area contributed by atoms with Crippen molar-refractivity contribution in [2.75, 3.05) is 5.75 Å². The average molecular weight is 362 g/mol. The Hall–Kier alpha value is -1.45. The van der Waals surface area contributed by atoms with Gasteiger partial charge in [-0.3, -0.25) is 4.79 Å². The van der Waals surface area contributed by atoms with Gasteiger partial charge in [-0.25, -0.2) is 0 Å². The van der Waals surface area contributed by atoms with Crippen molar-refractivity contribution in [1.29, 1.82) is 0 Å². The van der Waals surface area contributed by atoms with Gasteiger partial charge in [0.05, 0.1) is 11.8 Å². The van der Waals surface area contributed by atoms with E-state index in [-0.39, 0.29) is 11.9 Å². The van der Waals surface area contributed by atoms with E-state index in [1.807, 2.05) is 42.5 Å². The smallest absolute Gasteiger partial charge is 0.230 e. The van der Waals surface area contributed by atoms with Gasteiger partial charge < -0.3 is 5.32 Å². The van der Waals surface area contributed by atoms with Gasteiger partial charge in [-0.15, -0.1) is 11.8 Å². The van der Waals surface area contributed by atoms with Crippen molar-refractivity contribution < 1.29 is 4.79 Å². The molecule has 2 aromatic rings. The van der Waals surface area contributed by atoms with Crippen molar-refractivity contribution in [1.82, 2.24) is 5.32 Å². The summed E-state index contributed by atoms with van der Waals surface area (Å²) in [6, 6.07) is 18.0. The third-order valence-corrected chi connectivity index (χ3v) is 4.87. The summed E-state index contributed by atoms with van der Waals surface area (Å²) >= 11 is 7.59. The molecular weight excluding hydrogens is 338 g/mol. The predicted octanol–water partition coefficient (Wildman–Crippen LogP) is 5.48. The van der Waals surface area contributed by atoms with Crippen LogP contribution in [0.15, 0.2) is 54.6 Å². The lowest BCUT2D eigenvalue weighted by molar-refractivity contribution is -0.119. The molecule has 1 N–H and O–H groups in total. The second kappa shape index (κ2) is 9.75. The number of halogens is 1. The van der Waals surface area contributed by atoms with E-state index in [9.17, 15) is 4.79 Å². The molecule has 2 rings (SSSR count). The van der Waals surface area contributed by atoms with E-state index in [0.717, 1.165) is 22.8 Å². The minimum atomic E-state index is 0.0745. The van der Waals surface area contributed by atoms with Crippen LogP contribution in [-0.2, 0) is 10.5 Å². The van der Waals surface area contributed by atoms with Crippen LogP contribution in [-0.4, -0.2) is 11.7 Å². The first kappa shape index (κ1) is 18.9. The standard InChI is InChI=1S/C20H24ClNOS/c1-15(2)11-19(17-8-4-3-5-9-17)22-20(23)14-24-13-16-7-6-10-18(21)12-16/h3-10,12,15,19H,11,13-14H2,1-2H3,(H,22,23)/t19-/m0/s1. The maximum Gasteiger partial charge on any atom is 0.230 e. The SMILES string of the molecule is CC(C)C[C@H](NC(=O)CSCc1cccc(Cl)c1)c1ccccc1. The molecule has 1 amide bonds. The van der Waals surface area contributed by atoms with Gasteiger partial charge in [-0.1, -0.05) is 67.9 Å². The van der Waals surface area contributed by atoms with Crippen molar-refractivity contribution in [2.24, 2.45) is 5.92 Å². The molecule has 0 aliphatic heterocycles. The van der Waals surface area contributed by atoms with E-state index in [4.69, 9.17) is 11.6 Å². The minimum Gasteiger partial charge on any atom is -0.349 e. The van der Waals surface area contributed by atoms with Crippen LogP contribution in [0.1, 0.15) is 37.4 Å². The Labute approximate surface area is 154 Å². The molecule has 0 aliphatic rings. The Morgan fingerprint density at radius 3 is 2.54 bits per heavy atom. The number of hydrogen-bond acceptors (Lipinski definition) is 2.